The molecule has 1 heterocycles. The molecular weight excluding hydrogens is 266 g/mol. The number of nitrogens with two attached hydrogens (primary N) is 1. The Labute approximate surface area is 124 Å². The minimum atomic E-state index is -0.0462. The van der Waals surface area contributed by atoms with Gasteiger partial charge in [-0.1, -0.05) is 6.07 Å². The molecule has 5 nitrogen and oxygen atoms in total. The van der Waals surface area contributed by atoms with Crippen molar-refractivity contribution in [1.82, 2.24) is 10.3 Å². The number of carbonyl (C=O) groups is 1. The van der Waals surface area contributed by atoms with Crippen LogP contribution >= 0.6 is 0 Å². The maximum Gasteiger partial charge on any atom is 0.223 e. The van der Waals surface area contributed by atoms with Gasteiger partial charge in [-0.25, -0.2) is 0 Å². The molecule has 1 aromatic heterocycles. The number of ether oxygens (including phenoxy) is 1. The number of aryl methyl sites for hydroxylation is 1. The molecule has 0 unspecified atom stereocenters. The molecule has 0 atom stereocenters. The number of carbonyl (C=O) groups excluding carboxylic acids is 1. The first kappa shape index (κ1) is 14.8. The number of anilines is 1. The number of pyridine rings is 1. The van der Waals surface area contributed by atoms with Crippen LogP contribution in [0.1, 0.15) is 17.5 Å². The third-order valence-electron chi connectivity index (χ3n) is 3.07. The van der Waals surface area contributed by atoms with Gasteiger partial charge < -0.3 is 15.8 Å². The summed E-state index contributed by atoms with van der Waals surface area (Å²) >= 11 is 0. The highest BCUT2D eigenvalue weighted by Gasteiger charge is 2.04. The first-order valence-corrected chi connectivity index (χ1v) is 6.79. The van der Waals surface area contributed by atoms with E-state index >= 15 is 0 Å². The molecule has 0 bridgehead atoms. The Morgan fingerprint density at radius 2 is 2.24 bits per heavy atom. The Morgan fingerprint density at radius 1 is 1.38 bits per heavy atom. The number of nitrogens with zero attached hydrogens (tertiary/aromatic N) is 1. The molecule has 1 amide bonds. The smallest absolute Gasteiger partial charge is 0.223 e. The number of benzene rings is 1. The summed E-state index contributed by atoms with van der Waals surface area (Å²) in [4.78, 5) is 15.8. The minimum Gasteiger partial charge on any atom is -0.493 e. The number of nitrogens with one attached hydrogen (secondary N) is 1. The monoisotopic (exact) mass is 285 g/mol. The normalized spacial score (nSPS) is 10.1. The Morgan fingerprint density at radius 3 is 3.00 bits per heavy atom. The molecule has 0 saturated heterocycles. The van der Waals surface area contributed by atoms with Crippen LogP contribution in [-0.4, -0.2) is 17.5 Å². The van der Waals surface area contributed by atoms with E-state index in [0.29, 0.717) is 31.0 Å². The lowest BCUT2D eigenvalue weighted by Gasteiger charge is -2.09. The lowest BCUT2D eigenvalue weighted by atomic mass is 10.1. The average molecular weight is 285 g/mol. The number of hydrogen-bond donors (Lipinski definition) is 2. The van der Waals surface area contributed by atoms with Crippen molar-refractivity contribution < 1.29 is 9.53 Å². The van der Waals surface area contributed by atoms with Crippen LogP contribution in [-0.2, 0) is 11.3 Å². The molecule has 0 fully saturated rings. The molecule has 0 radical (unpaired) electrons. The van der Waals surface area contributed by atoms with Gasteiger partial charge in [-0.15, -0.1) is 0 Å². The van der Waals surface area contributed by atoms with Crippen LogP contribution in [0.2, 0.25) is 0 Å². The van der Waals surface area contributed by atoms with Crippen molar-refractivity contribution >= 4 is 11.6 Å². The molecule has 0 saturated carbocycles. The molecule has 2 rings (SSSR count). The SMILES string of the molecule is Cc1cnccc1CNC(=O)CCOc1cccc(N)c1. The van der Waals surface area contributed by atoms with Crippen LogP contribution in [0.15, 0.2) is 42.7 Å². The van der Waals surface area contributed by atoms with Crippen molar-refractivity contribution in [2.24, 2.45) is 0 Å². The number of aromatic nitrogens is 1. The number of rotatable bonds is 6. The molecule has 1 aromatic carbocycles. The predicted octanol–water partition coefficient (Wildman–Crippen LogP) is 2.06. The van der Waals surface area contributed by atoms with Crippen LogP contribution in [0.4, 0.5) is 5.69 Å². The summed E-state index contributed by atoms with van der Waals surface area (Å²) in [5.74, 6) is 0.628. The number of hydrogen-bond acceptors (Lipinski definition) is 4. The van der Waals surface area contributed by atoms with Crippen LogP contribution in [0.25, 0.3) is 0 Å². The highest BCUT2D eigenvalue weighted by atomic mass is 16.5. The molecule has 5 heteroatoms. The Balaban J connectivity index is 1.72. The summed E-state index contributed by atoms with van der Waals surface area (Å²) in [6, 6.07) is 9.05. The second kappa shape index (κ2) is 7.28. The Kier molecular flexibility index (Phi) is 5.15. The topological polar surface area (TPSA) is 77.2 Å². The summed E-state index contributed by atoms with van der Waals surface area (Å²) in [6.45, 7) is 2.80. The van der Waals surface area contributed by atoms with Gasteiger partial charge in [0.2, 0.25) is 5.91 Å². The van der Waals surface area contributed by atoms with E-state index in [2.05, 4.69) is 10.3 Å². The van der Waals surface area contributed by atoms with Gasteiger partial charge in [-0.05, 0) is 36.2 Å². The average Bonchev–Trinajstić information content (AvgIpc) is 2.46. The van der Waals surface area contributed by atoms with E-state index in [9.17, 15) is 4.79 Å². The highest BCUT2D eigenvalue weighted by Crippen LogP contribution is 2.14. The summed E-state index contributed by atoms with van der Waals surface area (Å²) in [6.07, 6.45) is 3.81. The molecule has 2 aromatic rings. The second-order valence-electron chi connectivity index (χ2n) is 4.75. The second-order valence-corrected chi connectivity index (χ2v) is 4.75. The fraction of sp³-hybridized carbons (Fsp3) is 0.250. The summed E-state index contributed by atoms with van der Waals surface area (Å²) in [5, 5.41) is 2.87. The lowest BCUT2D eigenvalue weighted by molar-refractivity contribution is -0.121. The van der Waals surface area contributed by atoms with Crippen molar-refractivity contribution in [2.45, 2.75) is 19.9 Å². The predicted molar refractivity (Wildman–Crippen MR) is 81.8 cm³/mol. The van der Waals surface area contributed by atoms with Crippen LogP contribution < -0.4 is 15.8 Å². The van der Waals surface area contributed by atoms with Gasteiger partial charge in [-0.3, -0.25) is 9.78 Å². The van der Waals surface area contributed by atoms with Crippen molar-refractivity contribution in [3.8, 4) is 5.75 Å². The fourth-order valence-corrected chi connectivity index (χ4v) is 1.85. The zero-order valence-electron chi connectivity index (χ0n) is 12.0. The van der Waals surface area contributed by atoms with Crippen LogP contribution in [0.5, 0.6) is 5.75 Å². The van der Waals surface area contributed by atoms with E-state index in [1.54, 1.807) is 24.5 Å². The first-order valence-electron chi connectivity index (χ1n) is 6.79. The highest BCUT2D eigenvalue weighted by molar-refractivity contribution is 5.76. The zero-order chi connectivity index (χ0) is 15.1. The van der Waals surface area contributed by atoms with E-state index in [4.69, 9.17) is 10.5 Å². The summed E-state index contributed by atoms with van der Waals surface area (Å²) in [5.41, 5.74) is 8.42. The van der Waals surface area contributed by atoms with Gasteiger partial charge in [0.25, 0.3) is 0 Å². The van der Waals surface area contributed by atoms with Crippen molar-refractivity contribution in [2.75, 3.05) is 12.3 Å². The molecule has 21 heavy (non-hydrogen) atoms. The standard InChI is InChI=1S/C16H19N3O2/c1-12-10-18-7-5-13(12)11-19-16(20)6-8-21-15-4-2-3-14(17)9-15/h2-5,7,9-10H,6,8,11,17H2,1H3,(H,19,20). The molecule has 0 aliphatic rings. The van der Waals surface area contributed by atoms with Crippen LogP contribution in [0.3, 0.4) is 0 Å². The van der Waals surface area contributed by atoms with Crippen molar-refractivity contribution in [1.29, 1.82) is 0 Å². The van der Waals surface area contributed by atoms with E-state index in [-0.39, 0.29) is 5.91 Å². The van der Waals surface area contributed by atoms with Gasteiger partial charge in [-0.2, -0.15) is 0 Å². The van der Waals surface area contributed by atoms with Crippen molar-refractivity contribution in [3.63, 3.8) is 0 Å². The quantitative estimate of drug-likeness (QED) is 0.796. The van der Waals surface area contributed by atoms with Gasteiger partial charge >= 0.3 is 0 Å². The van der Waals surface area contributed by atoms with E-state index in [1.807, 2.05) is 25.1 Å². The third kappa shape index (κ3) is 4.80. The minimum absolute atomic E-state index is 0.0462. The maximum absolute atomic E-state index is 11.8. The zero-order valence-corrected chi connectivity index (χ0v) is 12.0. The molecule has 0 spiro atoms. The van der Waals surface area contributed by atoms with Crippen molar-refractivity contribution in [3.05, 3.63) is 53.9 Å². The van der Waals surface area contributed by atoms with E-state index < -0.39 is 0 Å². The largest absolute Gasteiger partial charge is 0.493 e. The molecular formula is C16H19N3O2. The number of nitrogen functional groups attached to an aromatic ring is 1. The van der Waals surface area contributed by atoms with Gasteiger partial charge in [0.05, 0.1) is 13.0 Å². The molecule has 110 valence electrons. The third-order valence-corrected chi connectivity index (χ3v) is 3.07. The van der Waals surface area contributed by atoms with Crippen LogP contribution in [0, 0.1) is 6.92 Å². The fourth-order valence-electron chi connectivity index (χ4n) is 1.85. The molecule has 0 aliphatic carbocycles. The summed E-state index contributed by atoms with van der Waals surface area (Å²) in [7, 11) is 0. The number of amides is 1. The molecule has 3 N–H and O–H groups in total. The first-order chi connectivity index (χ1) is 10.1. The Hall–Kier alpha value is -2.56. The molecule has 0 aliphatic heterocycles. The maximum atomic E-state index is 11.8. The lowest BCUT2D eigenvalue weighted by Crippen LogP contribution is -2.24. The van der Waals surface area contributed by atoms with Gasteiger partial charge in [0.1, 0.15) is 5.75 Å². The van der Waals surface area contributed by atoms with E-state index in [1.165, 1.54) is 0 Å². The van der Waals surface area contributed by atoms with Gasteiger partial charge in [0, 0.05) is 30.7 Å². The van der Waals surface area contributed by atoms with E-state index in [0.717, 1.165) is 11.1 Å². The summed E-state index contributed by atoms with van der Waals surface area (Å²) < 4.78 is 5.48. The van der Waals surface area contributed by atoms with Gasteiger partial charge in [0.15, 0.2) is 0 Å². The Bertz CT molecular complexity index is 614.